The zero-order valence-electron chi connectivity index (χ0n) is 6.99. The van der Waals surface area contributed by atoms with Crippen LogP contribution < -0.4 is 5.43 Å². The molecule has 0 bridgehead atoms. The molecule has 0 amide bonds. The van der Waals surface area contributed by atoms with Gasteiger partial charge in [-0.1, -0.05) is 0 Å². The summed E-state index contributed by atoms with van der Waals surface area (Å²) >= 11 is 0. The maximum absolute atomic E-state index is 11.3. The Morgan fingerprint density at radius 2 is 2.67 bits per heavy atom. The Labute approximate surface area is 71.6 Å². The topological polar surface area (TPSA) is 44.7 Å². The van der Waals surface area contributed by atoms with Gasteiger partial charge in [-0.2, -0.15) is 0 Å². The van der Waals surface area contributed by atoms with Crippen LogP contribution in [0.1, 0.15) is 19.3 Å². The molecule has 1 saturated carbocycles. The third kappa shape index (κ3) is 1.48. The van der Waals surface area contributed by atoms with Crippen molar-refractivity contribution in [2.75, 3.05) is 13.2 Å². The highest BCUT2D eigenvalue weighted by Crippen LogP contribution is 2.21. The summed E-state index contributed by atoms with van der Waals surface area (Å²) in [5.41, 5.74) is 3.06. The summed E-state index contributed by atoms with van der Waals surface area (Å²) in [5.74, 6) is 0.652. The number of aliphatic imine (C=N–C) groups is 1. The molecule has 0 spiro atoms. The number of carbonyl (C=O) groups is 1. The minimum atomic E-state index is 0.238. The molecule has 1 aliphatic carbocycles. The summed E-state index contributed by atoms with van der Waals surface area (Å²) < 4.78 is 0. The van der Waals surface area contributed by atoms with Crippen LogP contribution in [0.15, 0.2) is 4.99 Å². The zero-order valence-corrected chi connectivity index (χ0v) is 6.99. The van der Waals surface area contributed by atoms with Crippen molar-refractivity contribution >= 4 is 12.1 Å². The lowest BCUT2D eigenvalue weighted by Gasteiger charge is -2.17. The number of rotatable bonds is 2. The third-order valence-corrected chi connectivity index (χ3v) is 2.43. The maximum atomic E-state index is 11.3. The summed E-state index contributed by atoms with van der Waals surface area (Å²) in [6, 6.07) is 0. The van der Waals surface area contributed by atoms with Crippen LogP contribution in [0, 0.1) is 5.92 Å². The molecular formula is C8H13N3O. The molecule has 2 rings (SSSR count). The minimum Gasteiger partial charge on any atom is -0.299 e. The molecule has 0 aromatic rings. The molecule has 4 heteroatoms. The Bertz CT molecular complexity index is 214. The molecule has 0 radical (unpaired) electrons. The molecule has 0 aromatic heterocycles. The van der Waals surface area contributed by atoms with Gasteiger partial charge in [0.1, 0.15) is 18.8 Å². The Hall–Kier alpha value is -0.900. The molecule has 0 aromatic carbocycles. The molecule has 1 unspecified atom stereocenters. The first kappa shape index (κ1) is 7.73. The summed E-state index contributed by atoms with van der Waals surface area (Å²) in [4.78, 5) is 15.3. The second-order valence-electron chi connectivity index (χ2n) is 3.32. The Balaban J connectivity index is 1.85. The molecule has 12 heavy (non-hydrogen) atoms. The molecule has 66 valence electrons. The number of hydrazine groups is 1. The number of nitrogens with zero attached hydrogens (tertiary/aromatic N) is 2. The van der Waals surface area contributed by atoms with E-state index in [9.17, 15) is 4.79 Å². The van der Waals surface area contributed by atoms with Crippen molar-refractivity contribution in [2.24, 2.45) is 10.9 Å². The summed E-state index contributed by atoms with van der Waals surface area (Å²) in [6.07, 6.45) is 4.65. The molecule has 1 fully saturated rings. The van der Waals surface area contributed by atoms with Crippen LogP contribution in [-0.4, -0.2) is 30.3 Å². The average Bonchev–Trinajstić information content (AvgIpc) is 2.65. The molecule has 1 atom stereocenters. The zero-order chi connectivity index (χ0) is 8.39. The number of hydrogen-bond donors (Lipinski definition) is 1. The first-order valence-corrected chi connectivity index (χ1v) is 4.39. The largest absolute Gasteiger partial charge is 0.299 e. The van der Waals surface area contributed by atoms with E-state index in [2.05, 4.69) is 10.4 Å². The first-order chi connectivity index (χ1) is 5.86. The lowest BCUT2D eigenvalue weighted by Crippen LogP contribution is -2.36. The average molecular weight is 167 g/mol. The van der Waals surface area contributed by atoms with Crippen LogP contribution in [0.2, 0.25) is 0 Å². The van der Waals surface area contributed by atoms with Gasteiger partial charge in [-0.15, -0.1) is 0 Å². The van der Waals surface area contributed by atoms with Crippen molar-refractivity contribution < 1.29 is 4.79 Å². The number of carbonyl (C=O) groups excluding carboxylic acids is 1. The van der Waals surface area contributed by atoms with Gasteiger partial charge < -0.3 is 0 Å². The van der Waals surface area contributed by atoms with Crippen LogP contribution in [-0.2, 0) is 4.79 Å². The number of hydrogen-bond acceptors (Lipinski definition) is 4. The highest BCUT2D eigenvalue weighted by molar-refractivity contribution is 5.83. The van der Waals surface area contributed by atoms with Gasteiger partial charge in [0.2, 0.25) is 0 Å². The predicted molar refractivity (Wildman–Crippen MR) is 45.5 cm³/mol. The van der Waals surface area contributed by atoms with Gasteiger partial charge in [0.05, 0.1) is 0 Å². The van der Waals surface area contributed by atoms with Crippen molar-refractivity contribution in [2.45, 2.75) is 19.3 Å². The van der Waals surface area contributed by atoms with Gasteiger partial charge in [-0.3, -0.25) is 14.8 Å². The summed E-state index contributed by atoms with van der Waals surface area (Å²) in [7, 11) is 0. The Kier molecular flexibility index (Phi) is 2.08. The van der Waals surface area contributed by atoms with Crippen LogP contribution in [0.3, 0.4) is 0 Å². The van der Waals surface area contributed by atoms with Crippen LogP contribution in [0.4, 0.5) is 0 Å². The smallest absolute Gasteiger partial charge is 0.137 e. The van der Waals surface area contributed by atoms with E-state index in [0.29, 0.717) is 12.5 Å². The van der Waals surface area contributed by atoms with E-state index in [-0.39, 0.29) is 5.92 Å². The molecule has 1 aliphatic heterocycles. The third-order valence-electron chi connectivity index (χ3n) is 2.43. The number of ketones is 1. The van der Waals surface area contributed by atoms with Gasteiger partial charge in [0, 0.05) is 18.9 Å². The highest BCUT2D eigenvalue weighted by Gasteiger charge is 2.26. The van der Waals surface area contributed by atoms with Gasteiger partial charge in [0.25, 0.3) is 0 Å². The SMILES string of the molecule is O=C1CCCC1CN1C=NCN1. The predicted octanol–water partition coefficient (Wildman–Crippen LogP) is 0.162. The van der Waals surface area contributed by atoms with Crippen molar-refractivity contribution in [1.29, 1.82) is 0 Å². The van der Waals surface area contributed by atoms with E-state index < -0.39 is 0 Å². The van der Waals surface area contributed by atoms with Crippen molar-refractivity contribution in [3.05, 3.63) is 0 Å². The van der Waals surface area contributed by atoms with Gasteiger partial charge in [0.15, 0.2) is 0 Å². The first-order valence-electron chi connectivity index (χ1n) is 4.39. The molecular weight excluding hydrogens is 154 g/mol. The highest BCUT2D eigenvalue weighted by atomic mass is 16.1. The molecule has 2 aliphatic rings. The van der Waals surface area contributed by atoms with Crippen molar-refractivity contribution in [3.63, 3.8) is 0 Å². The fraction of sp³-hybridized carbons (Fsp3) is 0.750. The van der Waals surface area contributed by atoms with E-state index in [1.807, 2.05) is 5.01 Å². The van der Waals surface area contributed by atoms with Crippen LogP contribution >= 0.6 is 0 Å². The summed E-state index contributed by atoms with van der Waals surface area (Å²) in [5, 5.41) is 1.91. The van der Waals surface area contributed by atoms with Gasteiger partial charge >= 0.3 is 0 Å². The minimum absolute atomic E-state index is 0.238. The number of Topliss-reactive ketones (excluding diaryl/α,β-unsaturated/α-hetero) is 1. The standard InChI is InChI=1S/C8H13N3O/c12-8-3-1-2-7(8)4-11-6-9-5-10-11/h6-7,10H,1-5H2. The molecule has 1 heterocycles. The van der Waals surface area contributed by atoms with Crippen molar-refractivity contribution in [3.8, 4) is 0 Å². The molecule has 1 N–H and O–H groups in total. The molecule has 0 saturated heterocycles. The molecule has 4 nitrogen and oxygen atoms in total. The monoisotopic (exact) mass is 167 g/mol. The lowest BCUT2D eigenvalue weighted by molar-refractivity contribution is -0.121. The fourth-order valence-corrected chi connectivity index (χ4v) is 1.74. The van der Waals surface area contributed by atoms with E-state index in [1.54, 1.807) is 6.34 Å². The Morgan fingerprint density at radius 1 is 1.75 bits per heavy atom. The number of nitrogens with one attached hydrogen (secondary N) is 1. The van der Waals surface area contributed by atoms with Gasteiger partial charge in [-0.05, 0) is 12.8 Å². The van der Waals surface area contributed by atoms with Crippen molar-refractivity contribution in [1.82, 2.24) is 10.4 Å². The van der Waals surface area contributed by atoms with Crippen LogP contribution in [0.25, 0.3) is 0 Å². The normalized spacial score (nSPS) is 28.8. The fourth-order valence-electron chi connectivity index (χ4n) is 1.74. The van der Waals surface area contributed by atoms with E-state index in [4.69, 9.17) is 0 Å². The summed E-state index contributed by atoms with van der Waals surface area (Å²) in [6.45, 7) is 1.45. The van der Waals surface area contributed by atoms with E-state index in [1.165, 1.54) is 0 Å². The second kappa shape index (κ2) is 3.23. The van der Waals surface area contributed by atoms with E-state index in [0.717, 1.165) is 25.8 Å². The second-order valence-corrected chi connectivity index (χ2v) is 3.32. The van der Waals surface area contributed by atoms with Crippen LogP contribution in [0.5, 0.6) is 0 Å². The lowest BCUT2D eigenvalue weighted by atomic mass is 10.1. The van der Waals surface area contributed by atoms with Gasteiger partial charge in [-0.25, -0.2) is 5.43 Å². The quantitative estimate of drug-likeness (QED) is 0.637. The maximum Gasteiger partial charge on any atom is 0.137 e. The van der Waals surface area contributed by atoms with E-state index >= 15 is 0 Å². The Morgan fingerprint density at radius 3 is 3.25 bits per heavy atom.